The van der Waals surface area contributed by atoms with Crippen LogP contribution in [-0.2, 0) is 17.9 Å². The fraction of sp³-hybridized carbons (Fsp3) is 0.350. The minimum Gasteiger partial charge on any atom is -0.483 e. The van der Waals surface area contributed by atoms with E-state index in [2.05, 4.69) is 0 Å². The van der Waals surface area contributed by atoms with Crippen LogP contribution in [0.4, 0.5) is 0 Å². The molecule has 146 valence electrons. The smallest absolute Gasteiger partial charge is 0.341 e. The van der Waals surface area contributed by atoms with Gasteiger partial charge in [0.2, 0.25) is 5.43 Å². The Hall–Kier alpha value is -3.13. The number of hydrogen-bond acceptors (Lipinski definition) is 5. The first-order valence-corrected chi connectivity index (χ1v) is 9.09. The summed E-state index contributed by atoms with van der Waals surface area (Å²) >= 11 is 0. The van der Waals surface area contributed by atoms with E-state index < -0.39 is 23.2 Å². The first kappa shape index (κ1) is 18.2. The van der Waals surface area contributed by atoms with Crippen molar-refractivity contribution in [3.63, 3.8) is 0 Å². The molecule has 0 radical (unpaired) electrons. The third kappa shape index (κ3) is 3.05. The topological polar surface area (TPSA) is 98.1 Å². The van der Waals surface area contributed by atoms with Crippen LogP contribution in [0, 0.1) is 0 Å². The lowest BCUT2D eigenvalue weighted by Crippen LogP contribution is -2.57. The van der Waals surface area contributed by atoms with Crippen LogP contribution in [0.5, 0.6) is 5.75 Å². The summed E-state index contributed by atoms with van der Waals surface area (Å²) < 4.78 is 12.9. The highest BCUT2D eigenvalue weighted by atomic mass is 16.5. The van der Waals surface area contributed by atoms with E-state index >= 15 is 0 Å². The second kappa shape index (κ2) is 7.12. The van der Waals surface area contributed by atoms with Crippen molar-refractivity contribution < 1.29 is 24.2 Å². The van der Waals surface area contributed by atoms with Gasteiger partial charge in [0.15, 0.2) is 17.7 Å². The lowest BCUT2D eigenvalue weighted by atomic mass is 10.1. The molecule has 28 heavy (non-hydrogen) atoms. The van der Waals surface area contributed by atoms with Crippen LogP contribution in [0.3, 0.4) is 0 Å². The van der Waals surface area contributed by atoms with Crippen LogP contribution in [0.1, 0.15) is 39.8 Å². The highest BCUT2D eigenvalue weighted by Gasteiger charge is 2.41. The van der Waals surface area contributed by atoms with Gasteiger partial charge in [-0.2, -0.15) is 0 Å². The number of carbonyl (C=O) groups is 2. The van der Waals surface area contributed by atoms with E-state index in [-0.39, 0.29) is 36.5 Å². The van der Waals surface area contributed by atoms with Crippen LogP contribution < -0.4 is 10.2 Å². The van der Waals surface area contributed by atoms with E-state index in [4.69, 9.17) is 9.47 Å². The number of amides is 1. The number of fused-ring (bicyclic) bond motifs is 2. The van der Waals surface area contributed by atoms with E-state index in [1.807, 2.05) is 37.3 Å². The fourth-order valence-corrected chi connectivity index (χ4v) is 3.66. The molecule has 2 aliphatic rings. The molecule has 0 spiro atoms. The molecule has 2 aliphatic heterocycles. The summed E-state index contributed by atoms with van der Waals surface area (Å²) in [5.41, 5.74) is -0.360. The number of carboxylic acid groups (broad SMARTS) is 1. The Kier molecular flexibility index (Phi) is 4.64. The molecule has 1 N–H and O–H groups in total. The zero-order chi connectivity index (χ0) is 19.8. The number of hydrogen-bond donors (Lipinski definition) is 1. The first-order chi connectivity index (χ1) is 13.5. The van der Waals surface area contributed by atoms with Gasteiger partial charge in [0.25, 0.3) is 5.91 Å². The number of ether oxygens (including phenoxy) is 2. The third-order valence-corrected chi connectivity index (χ3v) is 5.12. The van der Waals surface area contributed by atoms with E-state index in [9.17, 15) is 19.5 Å². The van der Waals surface area contributed by atoms with Gasteiger partial charge >= 0.3 is 5.97 Å². The van der Waals surface area contributed by atoms with E-state index in [0.717, 1.165) is 5.56 Å². The van der Waals surface area contributed by atoms with Gasteiger partial charge in [-0.05, 0) is 18.9 Å². The molecular weight excluding hydrogens is 364 g/mol. The Morgan fingerprint density at radius 1 is 1.29 bits per heavy atom. The third-order valence-electron chi connectivity index (χ3n) is 5.12. The SMILES string of the molecule is CC1CCOC2Cn3cc(C(=O)O)c(=O)c(OCc4ccccc4)c3C(=O)N12. The molecule has 0 bridgehead atoms. The largest absolute Gasteiger partial charge is 0.483 e. The minimum absolute atomic E-state index is 0.0452. The standard InChI is InChI=1S/C20H20N2O6/c1-12-7-8-27-15-10-21-9-14(20(25)26)17(23)18(16(21)19(24)22(12)15)28-11-13-5-3-2-4-6-13/h2-6,9,12,15H,7-8,10-11H2,1H3,(H,25,26). The fourth-order valence-electron chi connectivity index (χ4n) is 3.66. The molecular formula is C20H20N2O6. The predicted molar refractivity (Wildman–Crippen MR) is 98.4 cm³/mol. The molecule has 0 saturated carbocycles. The van der Waals surface area contributed by atoms with Gasteiger partial charge in [-0.3, -0.25) is 9.59 Å². The molecule has 2 aromatic rings. The lowest BCUT2D eigenvalue weighted by Gasteiger charge is -2.44. The van der Waals surface area contributed by atoms with Gasteiger partial charge in [-0.1, -0.05) is 30.3 Å². The Balaban J connectivity index is 1.80. The molecule has 4 rings (SSSR count). The molecule has 2 unspecified atom stereocenters. The summed E-state index contributed by atoms with van der Waals surface area (Å²) in [7, 11) is 0. The molecule has 1 aromatic heterocycles. The van der Waals surface area contributed by atoms with Crippen LogP contribution in [0.2, 0.25) is 0 Å². The van der Waals surface area contributed by atoms with Gasteiger partial charge in [0, 0.05) is 12.2 Å². The minimum atomic E-state index is -1.36. The molecule has 3 heterocycles. The van der Waals surface area contributed by atoms with Crippen LogP contribution in [-0.4, -0.2) is 45.3 Å². The normalized spacial score (nSPS) is 21.0. The average molecular weight is 384 g/mol. The summed E-state index contributed by atoms with van der Waals surface area (Å²) in [6, 6.07) is 9.12. The number of carbonyl (C=O) groups excluding carboxylic acids is 1. The van der Waals surface area contributed by atoms with Gasteiger partial charge < -0.3 is 24.0 Å². The number of carboxylic acids is 1. The molecule has 0 aliphatic carbocycles. The predicted octanol–water partition coefficient (Wildman–Crippen LogP) is 1.72. The van der Waals surface area contributed by atoms with Crippen molar-refractivity contribution in [1.82, 2.24) is 9.47 Å². The number of aromatic carboxylic acids is 1. The average Bonchev–Trinajstić information content (AvgIpc) is 2.68. The molecule has 1 fully saturated rings. The zero-order valence-electron chi connectivity index (χ0n) is 15.3. The zero-order valence-corrected chi connectivity index (χ0v) is 15.3. The summed E-state index contributed by atoms with van der Waals surface area (Å²) in [6.07, 6.45) is 1.41. The van der Waals surface area contributed by atoms with Crippen molar-refractivity contribution in [2.45, 2.75) is 38.8 Å². The maximum atomic E-state index is 13.2. The lowest BCUT2D eigenvalue weighted by molar-refractivity contribution is -0.112. The number of rotatable bonds is 4. The van der Waals surface area contributed by atoms with Gasteiger partial charge in [0.05, 0.1) is 13.2 Å². The number of benzene rings is 1. The molecule has 1 saturated heterocycles. The number of aromatic nitrogens is 1. The van der Waals surface area contributed by atoms with Crippen molar-refractivity contribution in [3.05, 3.63) is 63.6 Å². The van der Waals surface area contributed by atoms with Crippen LogP contribution >= 0.6 is 0 Å². The maximum Gasteiger partial charge on any atom is 0.341 e. The van der Waals surface area contributed by atoms with Gasteiger partial charge in [-0.15, -0.1) is 0 Å². The van der Waals surface area contributed by atoms with Gasteiger partial charge in [-0.25, -0.2) is 4.79 Å². The summed E-state index contributed by atoms with van der Waals surface area (Å²) in [5, 5.41) is 9.42. The Bertz CT molecular complexity index is 984. The number of nitrogens with zero attached hydrogens (tertiary/aromatic N) is 2. The summed E-state index contributed by atoms with van der Waals surface area (Å²) in [5.74, 6) is -1.98. The Labute approximate surface area is 160 Å². The summed E-state index contributed by atoms with van der Waals surface area (Å²) in [4.78, 5) is 39.1. The monoisotopic (exact) mass is 384 g/mol. The van der Waals surface area contributed by atoms with Crippen molar-refractivity contribution in [2.75, 3.05) is 6.61 Å². The molecule has 8 nitrogen and oxygen atoms in total. The quantitative estimate of drug-likeness (QED) is 0.862. The molecule has 1 amide bonds. The molecule has 8 heteroatoms. The second-order valence-electron chi connectivity index (χ2n) is 6.96. The first-order valence-electron chi connectivity index (χ1n) is 9.09. The van der Waals surface area contributed by atoms with Crippen molar-refractivity contribution in [3.8, 4) is 5.75 Å². The van der Waals surface area contributed by atoms with E-state index in [1.54, 1.807) is 4.90 Å². The van der Waals surface area contributed by atoms with Crippen LogP contribution in [0.25, 0.3) is 0 Å². The van der Waals surface area contributed by atoms with Crippen molar-refractivity contribution in [1.29, 1.82) is 0 Å². The molecule has 2 atom stereocenters. The molecule has 1 aromatic carbocycles. The summed E-state index contributed by atoms with van der Waals surface area (Å²) in [6.45, 7) is 2.74. The highest BCUT2D eigenvalue weighted by molar-refractivity contribution is 5.98. The van der Waals surface area contributed by atoms with Crippen molar-refractivity contribution in [2.24, 2.45) is 0 Å². The van der Waals surface area contributed by atoms with Crippen LogP contribution in [0.15, 0.2) is 41.3 Å². The highest BCUT2D eigenvalue weighted by Crippen LogP contribution is 2.30. The Morgan fingerprint density at radius 3 is 2.75 bits per heavy atom. The second-order valence-corrected chi connectivity index (χ2v) is 6.96. The van der Waals surface area contributed by atoms with E-state index in [1.165, 1.54) is 10.8 Å². The maximum absolute atomic E-state index is 13.2. The van der Waals surface area contributed by atoms with Crippen molar-refractivity contribution >= 4 is 11.9 Å². The number of pyridine rings is 1. The van der Waals surface area contributed by atoms with E-state index in [0.29, 0.717) is 13.0 Å². The Morgan fingerprint density at radius 2 is 2.04 bits per heavy atom. The van der Waals surface area contributed by atoms with Gasteiger partial charge in [0.1, 0.15) is 12.2 Å².